The van der Waals surface area contributed by atoms with Crippen molar-refractivity contribution >= 4 is 112 Å². The van der Waals surface area contributed by atoms with Gasteiger partial charge in [-0.1, -0.05) is 190 Å². The van der Waals surface area contributed by atoms with Crippen LogP contribution in [0.3, 0.4) is 0 Å². The van der Waals surface area contributed by atoms with Crippen molar-refractivity contribution in [3.63, 3.8) is 0 Å². The molecule has 332 valence electrons. The fourth-order valence-corrected chi connectivity index (χ4v) is 12.8. The minimum atomic E-state index is -0.542. The molecule has 2 N–H and O–H groups in total. The maximum absolute atomic E-state index is 5.47. The summed E-state index contributed by atoms with van der Waals surface area (Å²) >= 11 is 0. The summed E-state index contributed by atoms with van der Waals surface area (Å²) in [6, 6.07) is 22.9. The van der Waals surface area contributed by atoms with Crippen LogP contribution in [0.5, 0.6) is 0 Å². The van der Waals surface area contributed by atoms with E-state index >= 15 is 0 Å². The Morgan fingerprint density at radius 1 is 0.565 bits per heavy atom. The van der Waals surface area contributed by atoms with Gasteiger partial charge in [0.2, 0.25) is 11.4 Å². The molecule has 0 amide bonds. The number of aromatic nitrogens is 1. The van der Waals surface area contributed by atoms with Crippen LogP contribution in [-0.2, 0) is 15.6 Å². The third-order valence-corrected chi connectivity index (χ3v) is 16.2. The molecule has 0 radical (unpaired) electrons. The van der Waals surface area contributed by atoms with Crippen molar-refractivity contribution in [2.24, 2.45) is 0 Å². The zero-order valence-electron chi connectivity index (χ0n) is 42.2. The SMILES string of the molecule is C1CCOC1.CC(C)c1cccc(C(C)C)c1[NH+]=Cc1cc(C(C)(C)C)cc2c1[n-]c1c(C=[NH+]c3c(C(C)C)cccc3C(C)C)cc(C(C)(C)C)cc12.C[SiH](C)[N-][SiH](C)C.[Ba+2]. The number of ether oxygens (including phenoxy) is 1. The number of nitrogens with zero attached hydrogens (tertiary/aromatic N) is 2. The van der Waals surface area contributed by atoms with Crippen molar-refractivity contribution in [2.45, 2.75) is 170 Å². The van der Waals surface area contributed by atoms with Gasteiger partial charge < -0.3 is 14.4 Å². The minimum absolute atomic E-state index is 0. The van der Waals surface area contributed by atoms with Gasteiger partial charge >= 0.3 is 48.9 Å². The van der Waals surface area contributed by atoms with Crippen LogP contribution in [0.15, 0.2) is 60.7 Å². The molecule has 1 aliphatic rings. The normalized spacial score (nSPS) is 13.7. The molecule has 0 saturated carbocycles. The molecule has 1 fully saturated rings. The molecule has 62 heavy (non-hydrogen) atoms. The van der Waals surface area contributed by atoms with Crippen LogP contribution in [0.4, 0.5) is 11.4 Å². The second-order valence-electron chi connectivity index (χ2n) is 21.0. The van der Waals surface area contributed by atoms with Crippen molar-refractivity contribution in [1.82, 2.24) is 4.98 Å². The van der Waals surface area contributed by atoms with Crippen molar-refractivity contribution in [3.8, 4) is 0 Å². The van der Waals surface area contributed by atoms with Gasteiger partial charge in [0, 0.05) is 46.6 Å². The van der Waals surface area contributed by atoms with Crippen molar-refractivity contribution < 1.29 is 14.7 Å². The topological polar surface area (TPSA) is 65.4 Å². The van der Waals surface area contributed by atoms with E-state index in [1.807, 2.05) is 0 Å². The summed E-state index contributed by atoms with van der Waals surface area (Å²) < 4.78 is 9.50. The molecule has 0 spiro atoms. The number of nitrogens with one attached hydrogen (secondary N) is 2. The Morgan fingerprint density at radius 2 is 0.887 bits per heavy atom. The summed E-state index contributed by atoms with van der Waals surface area (Å²) in [5, 5.41) is 2.42. The summed E-state index contributed by atoms with van der Waals surface area (Å²) in [7, 11) is -1.08. The Balaban J connectivity index is 0.000000684. The third-order valence-electron chi connectivity index (χ3n) is 11.4. The van der Waals surface area contributed by atoms with Crippen LogP contribution in [0.2, 0.25) is 26.2 Å². The maximum Gasteiger partial charge on any atom is 2.00 e. The second kappa shape index (κ2) is 23.9. The quantitative estimate of drug-likeness (QED) is 0.108. The van der Waals surface area contributed by atoms with Crippen molar-refractivity contribution in [1.29, 1.82) is 0 Å². The van der Waals surface area contributed by atoms with E-state index in [4.69, 9.17) is 9.72 Å². The van der Waals surface area contributed by atoms with E-state index in [1.54, 1.807) is 0 Å². The molecule has 0 unspecified atom stereocenters. The first-order chi connectivity index (χ1) is 28.5. The Morgan fingerprint density at radius 3 is 1.11 bits per heavy atom. The number of rotatable bonds is 10. The van der Waals surface area contributed by atoms with Crippen LogP contribution >= 0.6 is 0 Å². The van der Waals surface area contributed by atoms with E-state index in [1.165, 1.54) is 68.4 Å². The first-order valence-corrected chi connectivity index (χ1v) is 29.0. The van der Waals surface area contributed by atoms with Gasteiger partial charge in [-0.05, 0) is 81.4 Å². The van der Waals surface area contributed by atoms with Crippen LogP contribution in [-0.4, -0.2) is 92.4 Å². The molecular formula is C54H82BaN4OSi2+2. The standard InChI is InChI=1S/C46H58N3.C4H14NSi2.C4H8O.Ba/c1-27(2)35-17-15-18-36(28(3)4)43(35)47-25-31-21-33(45(9,10)11)23-39-40-24-34(46(12,13)14)22-32(42(40)49-41(31)39)26-48-44-37(29(5)6)19-16-20-38(44)30(7)8;1-6(2)5-7(3)4;1-2-4-5-3-1;/h15-30H,1-14H3;6-7H,1-4H3;1-4H2;/q2*-1;;+2/p+2. The average molecular weight is 997 g/mol. The van der Waals surface area contributed by atoms with Gasteiger partial charge in [-0.25, -0.2) is 9.98 Å². The molecule has 2 heterocycles. The maximum atomic E-state index is 5.47. The molecule has 0 atom stereocenters. The summed E-state index contributed by atoms with van der Waals surface area (Å²) in [6.07, 6.45) is 6.97. The predicted molar refractivity (Wildman–Crippen MR) is 280 cm³/mol. The number of benzene rings is 4. The Bertz CT molecular complexity index is 2050. The van der Waals surface area contributed by atoms with Crippen LogP contribution < -0.4 is 15.0 Å². The average Bonchev–Trinajstić information content (AvgIpc) is 3.87. The molecule has 5 nitrogen and oxygen atoms in total. The molecule has 6 rings (SSSR count). The molecule has 5 aromatic rings. The van der Waals surface area contributed by atoms with E-state index < -0.39 is 17.9 Å². The zero-order valence-corrected chi connectivity index (χ0v) is 49.0. The van der Waals surface area contributed by atoms with Gasteiger partial charge in [-0.15, -0.1) is 11.0 Å². The van der Waals surface area contributed by atoms with Gasteiger partial charge in [-0.2, -0.15) is 0 Å². The van der Waals surface area contributed by atoms with Crippen LogP contribution in [0.1, 0.15) is 178 Å². The van der Waals surface area contributed by atoms with Crippen molar-refractivity contribution in [3.05, 3.63) is 110 Å². The molecular weight excluding hydrogens is 914 g/mol. The zero-order chi connectivity index (χ0) is 45.4. The first kappa shape index (κ1) is 54.3. The Hall–Kier alpha value is -2.05. The van der Waals surface area contributed by atoms with E-state index in [-0.39, 0.29) is 59.7 Å². The predicted octanol–water partition coefficient (Wildman–Crippen LogP) is 11.4. The van der Waals surface area contributed by atoms with Gasteiger partial charge in [0.15, 0.2) is 12.4 Å². The van der Waals surface area contributed by atoms with Gasteiger partial charge in [0.25, 0.3) is 0 Å². The summed E-state index contributed by atoms with van der Waals surface area (Å²) in [5.74, 6) is 1.64. The molecule has 0 bridgehead atoms. The van der Waals surface area contributed by atoms with Gasteiger partial charge in [0.1, 0.15) is 0 Å². The molecule has 1 aliphatic heterocycles. The number of hydrogen-bond donors (Lipinski definition) is 2. The fourth-order valence-electron chi connectivity index (χ4n) is 8.01. The Kier molecular flexibility index (Phi) is 20.9. The fraction of sp³-hybridized carbons (Fsp3) is 0.519. The number of hydrogen-bond acceptors (Lipinski definition) is 1. The smallest absolute Gasteiger partial charge is 0.672 e. The molecule has 1 saturated heterocycles. The molecule has 0 aliphatic carbocycles. The largest absolute Gasteiger partial charge is 2.00 e. The van der Waals surface area contributed by atoms with Crippen LogP contribution in [0, 0.1) is 0 Å². The van der Waals surface area contributed by atoms with Crippen molar-refractivity contribution in [2.75, 3.05) is 13.2 Å². The van der Waals surface area contributed by atoms with E-state index in [0.29, 0.717) is 23.7 Å². The number of fused-ring (bicyclic) bond motifs is 3. The summed E-state index contributed by atoms with van der Waals surface area (Å²) in [4.78, 5) is 13.1. The minimum Gasteiger partial charge on any atom is -0.672 e. The molecule has 1 aromatic heterocycles. The number of para-hydroxylation sites is 2. The van der Waals surface area contributed by atoms with E-state index in [9.17, 15) is 0 Å². The Labute approximate surface area is 421 Å². The second-order valence-corrected chi connectivity index (χ2v) is 26.6. The summed E-state index contributed by atoms with van der Waals surface area (Å²) in [5.41, 5.74) is 14.7. The monoisotopic (exact) mass is 997 g/mol. The third kappa shape index (κ3) is 14.7. The molecule has 8 heteroatoms. The van der Waals surface area contributed by atoms with Gasteiger partial charge in [0.05, 0.1) is 0 Å². The van der Waals surface area contributed by atoms with E-state index in [0.717, 1.165) is 35.4 Å². The summed E-state index contributed by atoms with van der Waals surface area (Å²) in [6.45, 7) is 43.1. The molecule has 4 aromatic carbocycles. The van der Waals surface area contributed by atoms with Gasteiger partial charge in [-0.3, -0.25) is 0 Å². The van der Waals surface area contributed by atoms with Crippen LogP contribution in [0.25, 0.3) is 26.5 Å². The first-order valence-electron chi connectivity index (χ1n) is 23.3. The van der Waals surface area contributed by atoms with E-state index in [2.05, 4.69) is 211 Å².